The minimum Gasteiger partial charge on any atom is -0.504 e. The first kappa shape index (κ1) is 22.4. The summed E-state index contributed by atoms with van der Waals surface area (Å²) < 4.78 is 39.6. The van der Waals surface area contributed by atoms with Crippen LogP contribution in [0.4, 0.5) is 10.2 Å². The predicted octanol–water partition coefficient (Wildman–Crippen LogP) is 2.98. The molecule has 1 saturated heterocycles. The van der Waals surface area contributed by atoms with Gasteiger partial charge in [0.2, 0.25) is 10.0 Å². The van der Waals surface area contributed by atoms with Crippen LogP contribution in [0.1, 0.15) is 30.3 Å². The second-order valence-electron chi connectivity index (χ2n) is 6.98. The van der Waals surface area contributed by atoms with Gasteiger partial charge in [-0.3, -0.25) is 14.1 Å². The predicted molar refractivity (Wildman–Crippen MR) is 117 cm³/mol. The molecule has 1 aliphatic rings. The number of aromatic nitrogens is 2. The Balaban J connectivity index is 1.96. The summed E-state index contributed by atoms with van der Waals surface area (Å²) in [7, 11) is -3.60. The first-order valence-corrected chi connectivity index (χ1v) is 11.3. The molecule has 0 radical (unpaired) electrons. The van der Waals surface area contributed by atoms with Crippen molar-refractivity contribution >= 4 is 32.7 Å². The summed E-state index contributed by atoms with van der Waals surface area (Å²) in [4.78, 5) is 21.0. The number of rotatable bonds is 6. The molecule has 2 aromatic heterocycles. The Kier molecular flexibility index (Phi) is 6.69. The summed E-state index contributed by atoms with van der Waals surface area (Å²) in [6, 6.07) is 3.20. The molecular formula is C21H23FN4O4S. The molecule has 3 rings (SSSR count). The molecule has 1 amide bonds. The van der Waals surface area contributed by atoms with Crippen molar-refractivity contribution in [1.29, 1.82) is 0 Å². The number of sulfonamides is 1. The summed E-state index contributed by atoms with van der Waals surface area (Å²) in [6.45, 7) is 5.48. The van der Waals surface area contributed by atoms with E-state index in [1.807, 2.05) is 0 Å². The fourth-order valence-corrected chi connectivity index (χ4v) is 4.71. The molecule has 31 heavy (non-hydrogen) atoms. The highest BCUT2D eigenvalue weighted by atomic mass is 32.2. The van der Waals surface area contributed by atoms with Gasteiger partial charge in [-0.1, -0.05) is 18.7 Å². The summed E-state index contributed by atoms with van der Waals surface area (Å²) in [5.74, 6) is -1.60. The van der Waals surface area contributed by atoms with Gasteiger partial charge in [-0.05, 0) is 43.5 Å². The maximum absolute atomic E-state index is 13.2. The highest BCUT2D eigenvalue weighted by Gasteiger charge is 2.31. The van der Waals surface area contributed by atoms with Crippen molar-refractivity contribution in [2.45, 2.75) is 19.8 Å². The van der Waals surface area contributed by atoms with Gasteiger partial charge >= 0.3 is 0 Å². The minimum atomic E-state index is -3.60. The summed E-state index contributed by atoms with van der Waals surface area (Å²) in [5.41, 5.74) is 0.147. The number of carbonyl (C=O) groups excluding carboxylic acids is 1. The van der Waals surface area contributed by atoms with E-state index in [1.165, 1.54) is 24.4 Å². The van der Waals surface area contributed by atoms with Crippen molar-refractivity contribution in [3.63, 3.8) is 0 Å². The lowest BCUT2D eigenvalue weighted by Crippen LogP contribution is -2.39. The van der Waals surface area contributed by atoms with E-state index in [1.54, 1.807) is 19.1 Å². The number of amides is 1. The van der Waals surface area contributed by atoms with Crippen LogP contribution in [0.5, 0.6) is 5.75 Å². The molecular weight excluding hydrogens is 423 g/mol. The number of carbonyl (C=O) groups is 1. The maximum Gasteiger partial charge on any atom is 0.274 e. The molecule has 1 aliphatic heterocycles. The molecule has 0 bridgehead atoms. The first-order valence-electron chi connectivity index (χ1n) is 9.68. The van der Waals surface area contributed by atoms with Gasteiger partial charge in [0.1, 0.15) is 11.3 Å². The number of hydrogen-bond acceptors (Lipinski definition) is 6. The van der Waals surface area contributed by atoms with Gasteiger partial charge in [-0.2, -0.15) is 0 Å². The van der Waals surface area contributed by atoms with Gasteiger partial charge in [-0.25, -0.2) is 17.8 Å². The Hall–Kier alpha value is -3.27. The van der Waals surface area contributed by atoms with Gasteiger partial charge in [0.25, 0.3) is 5.91 Å². The molecule has 0 atom stereocenters. The van der Waals surface area contributed by atoms with E-state index in [4.69, 9.17) is 0 Å². The SMILES string of the molecule is C=C(/C=C\C(F)=C/C)CNC(=O)c1nc(N2CCCCS2(=O)=O)c2cccnc2c1O. The van der Waals surface area contributed by atoms with Crippen molar-refractivity contribution in [2.24, 2.45) is 0 Å². The molecule has 0 saturated carbocycles. The van der Waals surface area contributed by atoms with Gasteiger partial charge in [0.05, 0.1) is 5.75 Å². The molecule has 2 aromatic rings. The van der Waals surface area contributed by atoms with Gasteiger partial charge in [0.15, 0.2) is 17.3 Å². The molecule has 8 nitrogen and oxygen atoms in total. The van der Waals surface area contributed by atoms with Crippen LogP contribution >= 0.6 is 0 Å². The summed E-state index contributed by atoms with van der Waals surface area (Å²) >= 11 is 0. The molecule has 10 heteroatoms. The molecule has 0 aromatic carbocycles. The summed E-state index contributed by atoms with van der Waals surface area (Å²) in [5, 5.41) is 13.5. The lowest BCUT2D eigenvalue weighted by Gasteiger charge is -2.28. The van der Waals surface area contributed by atoms with Crippen molar-refractivity contribution in [1.82, 2.24) is 15.3 Å². The van der Waals surface area contributed by atoms with Crippen LogP contribution in [0.2, 0.25) is 0 Å². The zero-order chi connectivity index (χ0) is 22.6. The van der Waals surface area contributed by atoms with Crippen LogP contribution in [0, 0.1) is 0 Å². The van der Waals surface area contributed by atoms with Crippen LogP contribution < -0.4 is 9.62 Å². The second-order valence-corrected chi connectivity index (χ2v) is 8.99. The third kappa shape index (κ3) is 4.91. The van der Waals surface area contributed by atoms with E-state index < -0.39 is 27.5 Å². The topological polar surface area (TPSA) is 112 Å². The number of fused-ring (bicyclic) bond motifs is 1. The molecule has 0 aliphatic carbocycles. The van der Waals surface area contributed by atoms with Crippen LogP contribution in [-0.2, 0) is 10.0 Å². The number of nitrogens with one attached hydrogen (secondary N) is 1. The normalized spacial score (nSPS) is 16.6. The zero-order valence-electron chi connectivity index (χ0n) is 17.0. The number of halogens is 1. The largest absolute Gasteiger partial charge is 0.504 e. The van der Waals surface area contributed by atoms with Crippen LogP contribution in [-0.4, -0.2) is 48.2 Å². The number of pyridine rings is 2. The number of hydrogen-bond donors (Lipinski definition) is 2. The fraction of sp³-hybridized carbons (Fsp3) is 0.286. The molecule has 0 unspecified atom stereocenters. The van der Waals surface area contributed by atoms with Crippen LogP contribution in [0.15, 0.2) is 54.5 Å². The van der Waals surface area contributed by atoms with Crippen LogP contribution in [0.3, 0.4) is 0 Å². The zero-order valence-corrected chi connectivity index (χ0v) is 17.8. The van der Waals surface area contributed by atoms with E-state index in [0.717, 1.165) is 4.31 Å². The van der Waals surface area contributed by atoms with Crippen molar-refractivity contribution in [3.8, 4) is 5.75 Å². The minimum absolute atomic E-state index is 0.0201. The van der Waals surface area contributed by atoms with E-state index in [0.29, 0.717) is 23.8 Å². The molecule has 2 N–H and O–H groups in total. The molecule has 3 heterocycles. The Bertz CT molecular complexity index is 1190. The van der Waals surface area contributed by atoms with Gasteiger partial charge in [-0.15, -0.1) is 0 Å². The van der Waals surface area contributed by atoms with Gasteiger partial charge in [0, 0.05) is 24.7 Å². The Morgan fingerprint density at radius 2 is 2.16 bits per heavy atom. The third-order valence-corrected chi connectivity index (χ3v) is 6.58. The quantitative estimate of drug-likeness (QED) is 0.660. The highest BCUT2D eigenvalue weighted by Crippen LogP contribution is 2.34. The van der Waals surface area contributed by atoms with E-state index in [-0.39, 0.29) is 35.9 Å². The monoisotopic (exact) mass is 446 g/mol. The second kappa shape index (κ2) is 9.25. The lowest BCUT2D eigenvalue weighted by atomic mass is 10.2. The van der Waals surface area contributed by atoms with Crippen molar-refractivity contribution < 1.29 is 22.7 Å². The molecule has 1 fully saturated rings. The maximum atomic E-state index is 13.2. The number of nitrogens with zero attached hydrogens (tertiary/aromatic N) is 3. The Morgan fingerprint density at radius 3 is 2.87 bits per heavy atom. The lowest BCUT2D eigenvalue weighted by molar-refractivity contribution is 0.0949. The van der Waals surface area contributed by atoms with E-state index in [9.17, 15) is 22.7 Å². The van der Waals surface area contributed by atoms with E-state index >= 15 is 0 Å². The highest BCUT2D eigenvalue weighted by molar-refractivity contribution is 7.92. The Labute approximate surface area is 179 Å². The van der Waals surface area contributed by atoms with Crippen LogP contribution in [0.25, 0.3) is 10.9 Å². The molecule has 164 valence electrons. The number of aromatic hydroxyl groups is 1. The first-order chi connectivity index (χ1) is 14.7. The van der Waals surface area contributed by atoms with Gasteiger partial charge < -0.3 is 10.4 Å². The van der Waals surface area contributed by atoms with E-state index in [2.05, 4.69) is 21.9 Å². The molecule has 0 spiro atoms. The fourth-order valence-electron chi connectivity index (χ4n) is 3.11. The smallest absolute Gasteiger partial charge is 0.274 e. The third-order valence-electron chi connectivity index (χ3n) is 4.75. The number of anilines is 1. The summed E-state index contributed by atoms with van der Waals surface area (Å²) in [6.07, 6.45) is 6.53. The van der Waals surface area contributed by atoms with Crippen molar-refractivity contribution in [2.75, 3.05) is 23.1 Å². The van der Waals surface area contributed by atoms with Crippen molar-refractivity contribution in [3.05, 3.63) is 60.2 Å². The average molecular weight is 447 g/mol. The average Bonchev–Trinajstić information content (AvgIpc) is 2.76. The standard InChI is InChI=1S/C21H23FN4O4S/c1-3-15(22)9-8-14(2)13-24-21(28)18-19(27)17-16(7-6-10-23-17)20(25-18)26-11-4-5-12-31(26,29)30/h3,6-10,27H,2,4-5,11-13H2,1H3,(H,24,28)/b9-8-,15-3+. The number of allylic oxidation sites excluding steroid dienone is 3. The Morgan fingerprint density at radius 1 is 1.39 bits per heavy atom.